The maximum Gasteiger partial charge on any atom is 0.202 e. The van der Waals surface area contributed by atoms with E-state index >= 15 is 0 Å². The van der Waals surface area contributed by atoms with Crippen LogP contribution in [0.5, 0.6) is 28.7 Å². The first-order valence-electron chi connectivity index (χ1n) is 11.1. The molecule has 0 aliphatic heterocycles. The van der Waals surface area contributed by atoms with E-state index in [0.29, 0.717) is 16.3 Å². The van der Waals surface area contributed by atoms with Gasteiger partial charge in [0.25, 0.3) is 0 Å². The van der Waals surface area contributed by atoms with Crippen molar-refractivity contribution in [1.82, 2.24) is 0 Å². The van der Waals surface area contributed by atoms with Gasteiger partial charge in [0.15, 0.2) is 0 Å². The molecule has 1 aliphatic carbocycles. The molecule has 0 bridgehead atoms. The lowest BCUT2D eigenvalue weighted by atomic mass is 9.78. The highest BCUT2D eigenvalue weighted by Crippen LogP contribution is 2.50. The van der Waals surface area contributed by atoms with Crippen molar-refractivity contribution in [3.8, 4) is 28.7 Å². The highest BCUT2D eigenvalue weighted by atomic mass is 16.3. The van der Waals surface area contributed by atoms with Crippen molar-refractivity contribution in [2.45, 2.75) is 25.7 Å². The van der Waals surface area contributed by atoms with Crippen LogP contribution in [0.1, 0.15) is 27.8 Å². The normalized spacial score (nSPS) is 12.9. The van der Waals surface area contributed by atoms with Gasteiger partial charge >= 0.3 is 0 Å². The second-order valence-corrected chi connectivity index (χ2v) is 8.28. The Bertz CT molecular complexity index is 1410. The van der Waals surface area contributed by atoms with Gasteiger partial charge in [-0.2, -0.15) is 0 Å². The third kappa shape index (κ3) is 3.75. The average Bonchev–Trinajstić information content (AvgIpc) is 2.85. The molecule has 7 nitrogen and oxygen atoms in total. The number of hydrogen-bond donors (Lipinski definition) is 6. The van der Waals surface area contributed by atoms with Crippen LogP contribution in [0.2, 0.25) is 0 Å². The molecule has 6 N–H and O–H groups in total. The zero-order chi connectivity index (χ0) is 26.9. The Kier molecular flexibility index (Phi) is 7.15. The Morgan fingerprint density at radius 1 is 0.556 bits per heavy atom. The van der Waals surface area contributed by atoms with Crippen LogP contribution in [0, 0.1) is 0 Å². The molecule has 0 aromatic heterocycles. The van der Waals surface area contributed by atoms with E-state index in [1.165, 1.54) is 24.3 Å². The first-order valence-corrected chi connectivity index (χ1v) is 11.1. The van der Waals surface area contributed by atoms with Gasteiger partial charge in [-0.15, -0.1) is 26.3 Å². The predicted molar refractivity (Wildman–Crippen MR) is 140 cm³/mol. The number of Topliss-reactive ketones (excluding diaryl/α,β-unsaturated/α-hetero) is 1. The summed E-state index contributed by atoms with van der Waals surface area (Å²) < 4.78 is 0. The Morgan fingerprint density at radius 3 is 1.31 bits per heavy atom. The monoisotopic (exact) mass is 488 g/mol. The average molecular weight is 489 g/mol. The Hall–Kier alpha value is -4.65. The van der Waals surface area contributed by atoms with E-state index in [1.54, 1.807) is 0 Å². The third-order valence-electron chi connectivity index (χ3n) is 6.21. The van der Waals surface area contributed by atoms with E-state index in [4.69, 9.17) is 0 Å². The molecule has 3 rings (SSSR count). The van der Waals surface area contributed by atoms with Crippen LogP contribution < -0.4 is 10.4 Å². The number of phenolic OH excluding ortho intramolecular Hbond substituents is 5. The van der Waals surface area contributed by atoms with Crippen LogP contribution in [-0.2, 0) is 30.5 Å². The Balaban J connectivity index is 2.47. The summed E-state index contributed by atoms with van der Waals surface area (Å²) >= 11 is 0. The summed E-state index contributed by atoms with van der Waals surface area (Å²) in [4.78, 5) is 13.4. The van der Waals surface area contributed by atoms with Crippen molar-refractivity contribution in [3.05, 3.63) is 94.6 Å². The van der Waals surface area contributed by atoms with Crippen LogP contribution in [0.25, 0.3) is 17.7 Å². The van der Waals surface area contributed by atoms with Crippen molar-refractivity contribution in [2.24, 2.45) is 0 Å². The van der Waals surface area contributed by atoms with Gasteiger partial charge in [0.1, 0.15) is 34.5 Å². The number of hydrogen-bond acceptors (Lipinski definition) is 7. The van der Waals surface area contributed by atoms with Gasteiger partial charge in [-0.3, -0.25) is 4.79 Å². The maximum absolute atomic E-state index is 13.4. The van der Waals surface area contributed by atoms with E-state index in [-0.39, 0.29) is 53.3 Å². The summed E-state index contributed by atoms with van der Waals surface area (Å²) in [5, 5.41) is 65.2. The molecule has 7 heteroatoms. The minimum Gasteiger partial charge on any atom is -0.507 e. The molecule has 36 heavy (non-hydrogen) atoms. The van der Waals surface area contributed by atoms with E-state index in [0.717, 1.165) is 0 Å². The summed E-state index contributed by atoms with van der Waals surface area (Å²) in [6.45, 7) is 18.4. The Morgan fingerprint density at radius 2 is 0.944 bits per heavy atom. The fourth-order valence-electron chi connectivity index (χ4n) is 4.45. The summed E-state index contributed by atoms with van der Waals surface area (Å²) in [6.07, 6.45) is 6.25. The summed E-state index contributed by atoms with van der Waals surface area (Å²) in [7, 11) is 0. The molecule has 0 saturated heterocycles. The molecule has 1 aliphatic rings. The van der Waals surface area contributed by atoms with E-state index < -0.39 is 45.7 Å². The SMILES string of the molecule is C=CCc1c(O)c(CC=C)c(O)c(C2=C(O)C(=c3c(O)c(CC=C)c(=C)c(CC=C)c3O)C2=O)c1O. The molecule has 0 fully saturated rings. The van der Waals surface area contributed by atoms with Crippen LogP contribution in [0.4, 0.5) is 0 Å². The number of benzene rings is 2. The number of aliphatic hydroxyl groups is 1. The number of carbonyl (C=O) groups is 1. The molecule has 0 saturated carbocycles. The second kappa shape index (κ2) is 9.92. The number of carbonyl (C=O) groups excluding carboxylic acids is 1. The third-order valence-corrected chi connectivity index (χ3v) is 6.21. The van der Waals surface area contributed by atoms with Crippen molar-refractivity contribution in [1.29, 1.82) is 0 Å². The topological polar surface area (TPSA) is 138 Å². The fraction of sp³-hybridized carbons (Fsp3) is 0.138. The standard InChI is InChI=1S/C29H28O7/c1-6-10-15-14(5)16(11-7-2)25(32)19(24(15)31)21-28(35)22(29(21)36)20-26(33)17(12-8-3)23(30)18(13-9-4)27(20)34/h6-9,30-35H,1-5,10-13H2. The van der Waals surface area contributed by atoms with Gasteiger partial charge in [-0.1, -0.05) is 30.9 Å². The largest absolute Gasteiger partial charge is 0.507 e. The van der Waals surface area contributed by atoms with Crippen molar-refractivity contribution in [2.75, 3.05) is 0 Å². The lowest BCUT2D eigenvalue weighted by Crippen LogP contribution is -2.30. The molecule has 0 unspecified atom stereocenters. The maximum atomic E-state index is 13.4. The molecular formula is C29H28O7. The van der Waals surface area contributed by atoms with Gasteiger partial charge < -0.3 is 30.6 Å². The quantitative estimate of drug-likeness (QED) is 0.298. The van der Waals surface area contributed by atoms with Crippen molar-refractivity contribution in [3.63, 3.8) is 0 Å². The number of allylic oxidation sites excluding steroid dienone is 6. The van der Waals surface area contributed by atoms with Crippen LogP contribution in [0.15, 0.2) is 56.4 Å². The van der Waals surface area contributed by atoms with Crippen LogP contribution >= 0.6 is 0 Å². The van der Waals surface area contributed by atoms with Gasteiger partial charge in [0.05, 0.1) is 21.9 Å². The summed E-state index contributed by atoms with van der Waals surface area (Å²) in [6, 6.07) is 0. The molecule has 0 heterocycles. The van der Waals surface area contributed by atoms with Crippen LogP contribution in [-0.4, -0.2) is 36.4 Å². The van der Waals surface area contributed by atoms with Crippen LogP contribution in [0.3, 0.4) is 0 Å². The lowest BCUT2D eigenvalue weighted by Gasteiger charge is -2.26. The lowest BCUT2D eigenvalue weighted by molar-refractivity contribution is -0.110. The van der Waals surface area contributed by atoms with Gasteiger partial charge in [-0.25, -0.2) is 0 Å². The van der Waals surface area contributed by atoms with E-state index in [1.807, 2.05) is 0 Å². The van der Waals surface area contributed by atoms with Crippen molar-refractivity contribution < 1.29 is 35.4 Å². The predicted octanol–water partition coefficient (Wildman–Crippen LogP) is 3.24. The molecule has 0 atom stereocenters. The summed E-state index contributed by atoms with van der Waals surface area (Å²) in [5.41, 5.74) is -0.560. The molecule has 186 valence electrons. The number of aromatic hydroxyl groups is 5. The number of ketones is 1. The molecular weight excluding hydrogens is 460 g/mol. The minimum atomic E-state index is -0.839. The molecule has 2 aromatic carbocycles. The number of rotatable bonds is 9. The molecule has 0 amide bonds. The van der Waals surface area contributed by atoms with E-state index in [9.17, 15) is 35.4 Å². The molecule has 2 aromatic rings. The van der Waals surface area contributed by atoms with Gasteiger partial charge in [-0.05, 0) is 30.9 Å². The van der Waals surface area contributed by atoms with Gasteiger partial charge in [0.2, 0.25) is 5.78 Å². The molecule has 0 spiro atoms. The minimum absolute atomic E-state index is 0.00448. The van der Waals surface area contributed by atoms with Gasteiger partial charge in [0, 0.05) is 22.3 Å². The Labute approximate surface area is 208 Å². The first kappa shape index (κ1) is 26.0. The second-order valence-electron chi connectivity index (χ2n) is 8.28. The molecule has 0 radical (unpaired) electrons. The highest BCUT2D eigenvalue weighted by Gasteiger charge is 2.41. The zero-order valence-electron chi connectivity index (χ0n) is 19.8. The zero-order valence-corrected chi connectivity index (χ0v) is 19.8. The highest BCUT2D eigenvalue weighted by molar-refractivity contribution is 6.52. The van der Waals surface area contributed by atoms with Crippen molar-refractivity contribution >= 4 is 23.5 Å². The first-order chi connectivity index (χ1) is 17.1. The summed E-state index contributed by atoms with van der Waals surface area (Å²) in [5.74, 6) is -3.97. The van der Waals surface area contributed by atoms with E-state index in [2.05, 4.69) is 32.9 Å². The fourth-order valence-corrected chi connectivity index (χ4v) is 4.45. The number of aliphatic hydroxyl groups excluding tert-OH is 1. The smallest absolute Gasteiger partial charge is 0.202 e. The number of phenols is 5.